The second-order valence-corrected chi connectivity index (χ2v) is 5.72. The Morgan fingerprint density at radius 3 is 2.61 bits per heavy atom. The average Bonchev–Trinajstić information content (AvgIpc) is 2.38. The Morgan fingerprint density at radius 2 is 2.17 bits per heavy atom. The Balaban J connectivity index is 2.54. The quantitative estimate of drug-likeness (QED) is 0.801. The highest BCUT2D eigenvalue weighted by Crippen LogP contribution is 2.18. The third kappa shape index (κ3) is 3.68. The molecule has 0 aromatic carbocycles. The summed E-state index contributed by atoms with van der Waals surface area (Å²) in [5.74, 6) is 0. The Labute approximate surface area is 112 Å². The topological polar surface area (TPSA) is 42.3 Å². The van der Waals surface area contributed by atoms with Crippen molar-refractivity contribution in [1.82, 2.24) is 15.1 Å². The molecule has 0 aromatic rings. The van der Waals surface area contributed by atoms with Crippen LogP contribution in [0, 0.1) is 11.3 Å². The molecule has 0 aromatic heterocycles. The van der Waals surface area contributed by atoms with Crippen LogP contribution in [0.3, 0.4) is 0 Å². The van der Waals surface area contributed by atoms with Crippen LogP contribution in [-0.2, 0) is 0 Å². The summed E-state index contributed by atoms with van der Waals surface area (Å²) >= 11 is 0. The highest BCUT2D eigenvalue weighted by Gasteiger charge is 2.30. The third-order valence-electron chi connectivity index (χ3n) is 4.33. The molecule has 104 valence electrons. The van der Waals surface area contributed by atoms with E-state index in [2.05, 4.69) is 42.0 Å². The van der Waals surface area contributed by atoms with E-state index in [1.54, 1.807) is 0 Å². The second-order valence-electron chi connectivity index (χ2n) is 5.72. The van der Waals surface area contributed by atoms with Crippen molar-refractivity contribution in [1.29, 1.82) is 5.26 Å². The molecule has 4 nitrogen and oxygen atoms in total. The van der Waals surface area contributed by atoms with E-state index in [-0.39, 0.29) is 0 Å². The van der Waals surface area contributed by atoms with Gasteiger partial charge in [0.05, 0.1) is 6.07 Å². The number of nitriles is 1. The van der Waals surface area contributed by atoms with Crippen molar-refractivity contribution in [2.75, 3.05) is 33.2 Å². The van der Waals surface area contributed by atoms with E-state index in [0.29, 0.717) is 12.1 Å². The zero-order valence-corrected chi connectivity index (χ0v) is 12.5. The first kappa shape index (κ1) is 15.4. The first-order valence-corrected chi connectivity index (χ1v) is 7.04. The molecular weight excluding hydrogens is 224 g/mol. The number of likely N-dealkylation sites (N-methyl/N-ethyl adjacent to an activating group) is 1. The van der Waals surface area contributed by atoms with Crippen molar-refractivity contribution < 1.29 is 0 Å². The SMILES string of the molecule is CCN1CCN(C(C)CC(C)(C#N)NC)CC1C. The van der Waals surface area contributed by atoms with Crippen LogP contribution in [0.5, 0.6) is 0 Å². The molecule has 1 N–H and O–H groups in total. The summed E-state index contributed by atoms with van der Waals surface area (Å²) in [6.07, 6.45) is 0.874. The maximum Gasteiger partial charge on any atom is 0.105 e. The molecule has 1 saturated heterocycles. The number of hydrogen-bond acceptors (Lipinski definition) is 4. The van der Waals surface area contributed by atoms with Crippen LogP contribution in [0.25, 0.3) is 0 Å². The predicted molar refractivity (Wildman–Crippen MR) is 75.4 cm³/mol. The Bertz CT molecular complexity index is 299. The van der Waals surface area contributed by atoms with E-state index < -0.39 is 5.54 Å². The van der Waals surface area contributed by atoms with Crippen LogP contribution in [0.4, 0.5) is 0 Å². The van der Waals surface area contributed by atoms with E-state index in [4.69, 9.17) is 0 Å². The summed E-state index contributed by atoms with van der Waals surface area (Å²) in [4.78, 5) is 5.04. The highest BCUT2D eigenvalue weighted by molar-refractivity contribution is 5.05. The van der Waals surface area contributed by atoms with Gasteiger partial charge in [-0.3, -0.25) is 9.80 Å². The fourth-order valence-corrected chi connectivity index (χ4v) is 2.82. The first-order valence-electron chi connectivity index (χ1n) is 7.04. The molecule has 1 rings (SSSR count). The lowest BCUT2D eigenvalue weighted by Gasteiger charge is -2.43. The van der Waals surface area contributed by atoms with E-state index >= 15 is 0 Å². The molecule has 1 aliphatic heterocycles. The fraction of sp³-hybridized carbons (Fsp3) is 0.929. The minimum atomic E-state index is -0.412. The molecule has 0 spiro atoms. The first-order chi connectivity index (χ1) is 8.45. The van der Waals surface area contributed by atoms with Gasteiger partial charge in [0, 0.05) is 31.7 Å². The minimum Gasteiger partial charge on any atom is -0.303 e. The molecule has 1 aliphatic rings. The van der Waals surface area contributed by atoms with Crippen molar-refractivity contribution in [3.8, 4) is 6.07 Å². The molecule has 1 fully saturated rings. The van der Waals surface area contributed by atoms with Crippen molar-refractivity contribution in [2.24, 2.45) is 0 Å². The average molecular weight is 252 g/mol. The largest absolute Gasteiger partial charge is 0.303 e. The van der Waals surface area contributed by atoms with Gasteiger partial charge in [0.25, 0.3) is 0 Å². The Morgan fingerprint density at radius 1 is 1.50 bits per heavy atom. The fourth-order valence-electron chi connectivity index (χ4n) is 2.82. The normalized spacial score (nSPS) is 27.4. The molecule has 1 heterocycles. The number of piperazine rings is 1. The molecule has 18 heavy (non-hydrogen) atoms. The van der Waals surface area contributed by atoms with E-state index in [1.165, 1.54) is 0 Å². The summed E-state index contributed by atoms with van der Waals surface area (Å²) in [5, 5.41) is 12.4. The van der Waals surface area contributed by atoms with Gasteiger partial charge in [0.2, 0.25) is 0 Å². The summed E-state index contributed by atoms with van der Waals surface area (Å²) in [5.41, 5.74) is -0.412. The molecule has 3 unspecified atom stereocenters. The zero-order chi connectivity index (χ0) is 13.8. The number of nitrogens with zero attached hydrogens (tertiary/aromatic N) is 3. The van der Waals surface area contributed by atoms with Gasteiger partial charge in [-0.05, 0) is 40.8 Å². The molecular formula is C14H28N4. The smallest absolute Gasteiger partial charge is 0.105 e. The number of nitrogens with one attached hydrogen (secondary N) is 1. The van der Waals surface area contributed by atoms with Crippen LogP contribution < -0.4 is 5.32 Å². The van der Waals surface area contributed by atoms with Crippen LogP contribution in [0.2, 0.25) is 0 Å². The summed E-state index contributed by atoms with van der Waals surface area (Å²) < 4.78 is 0. The van der Waals surface area contributed by atoms with Crippen LogP contribution in [-0.4, -0.2) is 60.6 Å². The van der Waals surface area contributed by atoms with Gasteiger partial charge < -0.3 is 5.32 Å². The Kier molecular flexibility index (Phi) is 5.58. The summed E-state index contributed by atoms with van der Waals surface area (Å²) in [6, 6.07) is 3.45. The van der Waals surface area contributed by atoms with Gasteiger partial charge >= 0.3 is 0 Å². The molecule has 0 aliphatic carbocycles. The molecule has 4 heteroatoms. The predicted octanol–water partition coefficient (Wildman–Crippen LogP) is 1.29. The lowest BCUT2D eigenvalue weighted by molar-refractivity contribution is 0.0560. The van der Waals surface area contributed by atoms with Gasteiger partial charge in [0.1, 0.15) is 5.54 Å². The maximum absolute atomic E-state index is 9.23. The van der Waals surface area contributed by atoms with Gasteiger partial charge in [-0.15, -0.1) is 0 Å². The van der Waals surface area contributed by atoms with Gasteiger partial charge in [0.15, 0.2) is 0 Å². The van der Waals surface area contributed by atoms with E-state index in [0.717, 1.165) is 32.6 Å². The second kappa shape index (κ2) is 6.51. The standard InChI is InChI=1S/C14H28N4/c1-6-17-7-8-18(10-13(17)3)12(2)9-14(4,11-15)16-5/h12-13,16H,6-10H2,1-5H3. The van der Waals surface area contributed by atoms with Crippen LogP contribution in [0.1, 0.15) is 34.1 Å². The third-order valence-corrected chi connectivity index (χ3v) is 4.33. The van der Waals surface area contributed by atoms with Crippen molar-refractivity contribution >= 4 is 0 Å². The summed E-state index contributed by atoms with van der Waals surface area (Å²) in [6.45, 7) is 13.2. The Hall–Kier alpha value is -0.630. The van der Waals surface area contributed by atoms with Gasteiger partial charge in [-0.25, -0.2) is 0 Å². The monoisotopic (exact) mass is 252 g/mol. The molecule has 0 amide bonds. The van der Waals surface area contributed by atoms with E-state index in [1.807, 2.05) is 14.0 Å². The maximum atomic E-state index is 9.23. The van der Waals surface area contributed by atoms with Crippen molar-refractivity contribution in [3.63, 3.8) is 0 Å². The van der Waals surface area contributed by atoms with Crippen LogP contribution in [0.15, 0.2) is 0 Å². The van der Waals surface area contributed by atoms with Crippen molar-refractivity contribution in [2.45, 2.75) is 51.7 Å². The zero-order valence-electron chi connectivity index (χ0n) is 12.5. The minimum absolute atomic E-state index is 0.412. The van der Waals surface area contributed by atoms with E-state index in [9.17, 15) is 5.26 Å². The van der Waals surface area contributed by atoms with Gasteiger partial charge in [-0.2, -0.15) is 5.26 Å². The highest BCUT2D eigenvalue weighted by atomic mass is 15.3. The number of hydrogen-bond donors (Lipinski definition) is 1. The van der Waals surface area contributed by atoms with Crippen LogP contribution >= 0.6 is 0 Å². The summed E-state index contributed by atoms with van der Waals surface area (Å²) in [7, 11) is 1.87. The van der Waals surface area contributed by atoms with Gasteiger partial charge in [-0.1, -0.05) is 6.92 Å². The lowest BCUT2D eigenvalue weighted by atomic mass is 9.94. The lowest BCUT2D eigenvalue weighted by Crippen LogP contribution is -2.55. The van der Waals surface area contributed by atoms with Crippen molar-refractivity contribution in [3.05, 3.63) is 0 Å². The molecule has 0 saturated carbocycles. The number of rotatable bonds is 5. The molecule has 0 radical (unpaired) electrons. The molecule has 0 bridgehead atoms. The molecule has 3 atom stereocenters.